The third-order valence-corrected chi connectivity index (χ3v) is 8.07. The third kappa shape index (κ3) is 3.32. The first kappa shape index (κ1) is 22.8. The molecule has 38 heavy (non-hydrogen) atoms. The Morgan fingerprint density at radius 3 is 2.21 bits per heavy atom. The van der Waals surface area contributed by atoms with Crippen molar-refractivity contribution in [3.05, 3.63) is 82.2 Å². The van der Waals surface area contributed by atoms with Crippen molar-refractivity contribution in [1.29, 1.82) is 0 Å². The van der Waals surface area contributed by atoms with Gasteiger partial charge in [0.2, 0.25) is 0 Å². The molecule has 4 aromatic rings. The Balaban J connectivity index is 1.54. The van der Waals surface area contributed by atoms with Gasteiger partial charge in [-0.15, -0.1) is 5.10 Å². The molecule has 0 saturated heterocycles. The van der Waals surface area contributed by atoms with Gasteiger partial charge in [0.25, 0.3) is 0 Å². The topological polar surface area (TPSA) is 89.7 Å². The number of hydrogen-bond donors (Lipinski definition) is 0. The molecule has 2 aromatic carbocycles. The molecule has 0 saturated carbocycles. The molecule has 0 fully saturated rings. The number of ketones is 2. The van der Waals surface area contributed by atoms with Gasteiger partial charge in [-0.25, -0.2) is 0 Å². The van der Waals surface area contributed by atoms with Crippen LogP contribution in [0.3, 0.4) is 0 Å². The molecule has 7 rings (SSSR count). The Bertz CT molecular complexity index is 1670. The maximum absolute atomic E-state index is 13.8. The Labute approximate surface area is 219 Å². The van der Waals surface area contributed by atoms with Gasteiger partial charge in [0.05, 0.1) is 12.6 Å². The van der Waals surface area contributed by atoms with Crippen molar-refractivity contribution in [2.75, 3.05) is 12.0 Å². The molecule has 2 aliphatic carbocycles. The van der Waals surface area contributed by atoms with Gasteiger partial charge in [-0.3, -0.25) is 9.59 Å². The van der Waals surface area contributed by atoms with E-state index in [4.69, 9.17) is 4.74 Å². The summed E-state index contributed by atoms with van der Waals surface area (Å²) in [6, 6.07) is 16.1. The van der Waals surface area contributed by atoms with E-state index in [2.05, 4.69) is 32.6 Å². The Hall–Kier alpha value is -4.33. The Morgan fingerprint density at radius 2 is 1.55 bits per heavy atom. The first-order valence-electron chi connectivity index (χ1n) is 13.1. The van der Waals surface area contributed by atoms with Crippen LogP contribution in [0.4, 0.5) is 5.69 Å². The number of anilines is 1. The number of tetrazole rings is 1. The number of allylic oxidation sites excluding steroid dienone is 4. The number of carbonyl (C=O) groups excluding carboxylic acids is 2. The standard InChI is InChI=1S/C30H27N5O3/c1-17-9-14-22-18(15-17)16-21(30-31-32-33-35(22)30)27-28-23(5-3-7-25(28)36)34(19-10-12-20(38-2)13-11-19)24-6-4-8-26(37)29(24)27/h9-16,27H,3-8H2,1-2H3. The van der Waals surface area contributed by atoms with Crippen molar-refractivity contribution in [2.24, 2.45) is 0 Å². The molecule has 0 N–H and O–H groups in total. The number of aromatic nitrogens is 4. The molecule has 3 aliphatic rings. The fourth-order valence-corrected chi connectivity index (χ4v) is 6.43. The molecule has 0 spiro atoms. The van der Waals surface area contributed by atoms with Gasteiger partial charge < -0.3 is 9.64 Å². The van der Waals surface area contributed by atoms with Crippen LogP contribution in [0.5, 0.6) is 5.75 Å². The minimum atomic E-state index is -0.492. The average Bonchev–Trinajstić information content (AvgIpc) is 3.42. The molecule has 0 amide bonds. The minimum absolute atomic E-state index is 0.0923. The highest BCUT2D eigenvalue weighted by Gasteiger charge is 2.44. The summed E-state index contributed by atoms with van der Waals surface area (Å²) in [6.45, 7) is 2.05. The number of nitrogens with zero attached hydrogens (tertiary/aromatic N) is 5. The van der Waals surface area contributed by atoms with Crippen molar-refractivity contribution < 1.29 is 14.3 Å². The number of carbonyl (C=O) groups is 2. The number of Topliss-reactive ketones (excluding diaryl/α,β-unsaturated/α-hetero) is 2. The van der Waals surface area contributed by atoms with E-state index in [1.165, 1.54) is 0 Å². The van der Waals surface area contributed by atoms with E-state index in [9.17, 15) is 9.59 Å². The summed E-state index contributed by atoms with van der Waals surface area (Å²) >= 11 is 0. The fourth-order valence-electron chi connectivity index (χ4n) is 6.43. The van der Waals surface area contributed by atoms with Crippen LogP contribution in [0.15, 0.2) is 71.1 Å². The predicted octanol–water partition coefficient (Wildman–Crippen LogP) is 5.21. The van der Waals surface area contributed by atoms with Gasteiger partial charge in [-0.05, 0) is 85.5 Å². The van der Waals surface area contributed by atoms with E-state index in [1.807, 2.05) is 43.3 Å². The normalized spacial score (nSPS) is 18.4. The molecule has 2 aromatic heterocycles. The van der Waals surface area contributed by atoms with Gasteiger partial charge in [-0.2, -0.15) is 4.52 Å². The molecule has 3 heterocycles. The second-order valence-electron chi connectivity index (χ2n) is 10.3. The molecule has 8 nitrogen and oxygen atoms in total. The van der Waals surface area contributed by atoms with E-state index < -0.39 is 5.92 Å². The van der Waals surface area contributed by atoms with Crippen LogP contribution in [0.25, 0.3) is 16.6 Å². The summed E-state index contributed by atoms with van der Waals surface area (Å²) in [4.78, 5) is 29.7. The number of fused-ring (bicyclic) bond motifs is 3. The van der Waals surface area contributed by atoms with Crippen LogP contribution in [-0.4, -0.2) is 38.7 Å². The quantitative estimate of drug-likeness (QED) is 0.377. The first-order valence-corrected chi connectivity index (χ1v) is 13.1. The summed E-state index contributed by atoms with van der Waals surface area (Å²) in [5.41, 5.74) is 7.73. The zero-order valence-electron chi connectivity index (χ0n) is 21.4. The average molecular weight is 506 g/mol. The lowest BCUT2D eigenvalue weighted by molar-refractivity contribution is -0.116. The highest BCUT2D eigenvalue weighted by atomic mass is 16.5. The van der Waals surface area contributed by atoms with Crippen LogP contribution in [-0.2, 0) is 9.59 Å². The number of methoxy groups -OCH3 is 1. The van der Waals surface area contributed by atoms with Crippen molar-refractivity contribution in [3.8, 4) is 5.75 Å². The lowest BCUT2D eigenvalue weighted by Crippen LogP contribution is -2.39. The highest BCUT2D eigenvalue weighted by molar-refractivity contribution is 6.08. The molecule has 0 radical (unpaired) electrons. The fraction of sp³-hybridized carbons (Fsp3) is 0.300. The lowest BCUT2D eigenvalue weighted by Gasteiger charge is -2.44. The van der Waals surface area contributed by atoms with Crippen LogP contribution < -0.4 is 9.64 Å². The summed E-state index contributed by atoms with van der Waals surface area (Å²) in [5.74, 6) is 0.456. The highest BCUT2D eigenvalue weighted by Crippen LogP contribution is 2.51. The molecule has 0 unspecified atom stereocenters. The van der Waals surface area contributed by atoms with Crippen LogP contribution in [0, 0.1) is 6.92 Å². The van der Waals surface area contributed by atoms with E-state index in [0.29, 0.717) is 29.6 Å². The van der Waals surface area contributed by atoms with E-state index >= 15 is 0 Å². The third-order valence-electron chi connectivity index (χ3n) is 8.07. The molecular weight excluding hydrogens is 478 g/mol. The number of benzene rings is 2. The number of ether oxygens (including phenoxy) is 1. The summed E-state index contributed by atoms with van der Waals surface area (Å²) < 4.78 is 7.12. The van der Waals surface area contributed by atoms with Crippen LogP contribution >= 0.6 is 0 Å². The second kappa shape index (κ2) is 8.62. The summed E-state index contributed by atoms with van der Waals surface area (Å²) in [5, 5.41) is 13.7. The van der Waals surface area contributed by atoms with Gasteiger partial charge in [-0.1, -0.05) is 11.6 Å². The molecular formula is C30H27N5O3. The maximum Gasteiger partial charge on any atom is 0.184 e. The predicted molar refractivity (Wildman–Crippen MR) is 143 cm³/mol. The van der Waals surface area contributed by atoms with Gasteiger partial charge in [0.1, 0.15) is 5.75 Å². The lowest BCUT2D eigenvalue weighted by atomic mass is 9.70. The Kier molecular flexibility index (Phi) is 5.18. The largest absolute Gasteiger partial charge is 0.497 e. The summed E-state index contributed by atoms with van der Waals surface area (Å²) in [7, 11) is 1.65. The second-order valence-corrected chi connectivity index (χ2v) is 10.3. The maximum atomic E-state index is 13.8. The summed E-state index contributed by atoms with van der Waals surface area (Å²) in [6.07, 6.45) is 4.04. The SMILES string of the molecule is COc1ccc(N2C3=C(C(=O)CCC3)C(c3cc4cc(C)ccc4n4nnnc34)C3=C2CCCC3=O)cc1. The van der Waals surface area contributed by atoms with Crippen LogP contribution in [0.2, 0.25) is 0 Å². The monoisotopic (exact) mass is 505 g/mol. The number of aryl methyl sites for hydroxylation is 1. The Morgan fingerprint density at radius 1 is 0.868 bits per heavy atom. The van der Waals surface area contributed by atoms with Crippen molar-refractivity contribution in [1.82, 2.24) is 20.0 Å². The van der Waals surface area contributed by atoms with Crippen molar-refractivity contribution in [3.63, 3.8) is 0 Å². The van der Waals surface area contributed by atoms with E-state index in [1.54, 1.807) is 11.6 Å². The van der Waals surface area contributed by atoms with E-state index in [-0.39, 0.29) is 11.6 Å². The molecule has 8 heteroatoms. The zero-order valence-corrected chi connectivity index (χ0v) is 21.4. The number of rotatable bonds is 3. The van der Waals surface area contributed by atoms with Gasteiger partial charge in [0, 0.05) is 57.9 Å². The molecule has 190 valence electrons. The van der Waals surface area contributed by atoms with Crippen LogP contribution in [0.1, 0.15) is 55.6 Å². The van der Waals surface area contributed by atoms with Gasteiger partial charge >= 0.3 is 0 Å². The van der Waals surface area contributed by atoms with Crippen molar-refractivity contribution >= 4 is 33.8 Å². The molecule has 0 bridgehead atoms. The molecule has 1 aliphatic heterocycles. The molecule has 0 atom stereocenters. The number of pyridine rings is 1. The smallest absolute Gasteiger partial charge is 0.184 e. The minimum Gasteiger partial charge on any atom is -0.497 e. The van der Waals surface area contributed by atoms with Gasteiger partial charge in [0.15, 0.2) is 17.2 Å². The van der Waals surface area contributed by atoms with E-state index in [0.717, 1.165) is 70.5 Å². The number of hydrogen-bond acceptors (Lipinski definition) is 7. The van der Waals surface area contributed by atoms with Crippen molar-refractivity contribution in [2.45, 2.75) is 51.4 Å². The zero-order chi connectivity index (χ0) is 26.0. The first-order chi connectivity index (χ1) is 18.5.